The predicted octanol–water partition coefficient (Wildman–Crippen LogP) is 5.72. The molecule has 1 aliphatic carbocycles. The second-order valence-corrected chi connectivity index (χ2v) is 10.0. The van der Waals surface area contributed by atoms with E-state index < -0.39 is 0 Å². The number of likely N-dealkylation sites (N-methyl/N-ethyl adjacent to an activating group) is 2. The van der Waals surface area contributed by atoms with Gasteiger partial charge in [-0.1, -0.05) is 49.8 Å². The molecule has 0 fully saturated rings. The van der Waals surface area contributed by atoms with Gasteiger partial charge in [0.2, 0.25) is 0 Å². The number of allylic oxidation sites excluding steroid dienone is 2. The summed E-state index contributed by atoms with van der Waals surface area (Å²) in [7, 11) is 7.61. The quantitative estimate of drug-likeness (QED) is 0.418. The third-order valence-electron chi connectivity index (χ3n) is 7.33. The molecule has 4 heteroatoms. The summed E-state index contributed by atoms with van der Waals surface area (Å²) < 4.78 is 11.8. The number of hydrogen-bond acceptors (Lipinski definition) is 4. The van der Waals surface area contributed by atoms with E-state index in [1.54, 1.807) is 14.2 Å². The van der Waals surface area contributed by atoms with Crippen molar-refractivity contribution in [2.45, 2.75) is 51.9 Å². The second kappa shape index (κ2) is 12.4. The maximum atomic E-state index is 5.90. The van der Waals surface area contributed by atoms with Gasteiger partial charge in [-0.3, -0.25) is 0 Å². The Balaban J connectivity index is 2.10. The summed E-state index contributed by atoms with van der Waals surface area (Å²) in [6.45, 7) is 8.97. The van der Waals surface area contributed by atoms with E-state index in [0.29, 0.717) is 23.7 Å². The van der Waals surface area contributed by atoms with Crippen LogP contribution >= 0.6 is 0 Å². The molecule has 0 amide bonds. The molecule has 1 aliphatic rings. The van der Waals surface area contributed by atoms with Gasteiger partial charge in [0.25, 0.3) is 0 Å². The average molecular weight is 465 g/mol. The summed E-state index contributed by atoms with van der Waals surface area (Å²) in [5.41, 5.74) is 6.81. The van der Waals surface area contributed by atoms with E-state index in [4.69, 9.17) is 9.47 Å². The maximum Gasteiger partial charge on any atom is 0.122 e. The lowest BCUT2D eigenvalue weighted by atomic mass is 9.64. The van der Waals surface area contributed by atoms with E-state index in [1.807, 2.05) is 14.1 Å². The van der Waals surface area contributed by atoms with Gasteiger partial charge in [-0.15, -0.1) is 0 Å². The molecule has 3 rings (SSSR count). The minimum atomic E-state index is 0.300. The van der Waals surface area contributed by atoms with Gasteiger partial charge < -0.3 is 20.1 Å². The Morgan fingerprint density at radius 3 is 1.88 bits per heavy atom. The third kappa shape index (κ3) is 6.03. The zero-order valence-electron chi connectivity index (χ0n) is 22.2. The zero-order chi connectivity index (χ0) is 24.7. The Hall–Kier alpha value is -2.30. The standard InChI is InChI=1S/C30H44N2O2/c1-20(2)30-26(24-18-22(12-14-31-4)8-10-28(24)33-6)16-21(3)17-27(30)25-19-23(13-15-32-5)9-11-29(25)34-7/h8-11,16,18-20,26-27,30-32H,12-15,17H2,1-7H3. The third-order valence-corrected chi connectivity index (χ3v) is 7.33. The van der Waals surface area contributed by atoms with Crippen molar-refractivity contribution < 1.29 is 9.47 Å². The minimum absolute atomic E-state index is 0.300. The van der Waals surface area contributed by atoms with Crippen LogP contribution in [0.3, 0.4) is 0 Å². The Labute approximate surface area is 207 Å². The lowest BCUT2D eigenvalue weighted by molar-refractivity contribution is 0.264. The van der Waals surface area contributed by atoms with Crippen LogP contribution in [0.25, 0.3) is 0 Å². The van der Waals surface area contributed by atoms with E-state index >= 15 is 0 Å². The van der Waals surface area contributed by atoms with Gasteiger partial charge in [-0.05, 0) is 99.9 Å². The van der Waals surface area contributed by atoms with Crippen molar-refractivity contribution in [2.75, 3.05) is 41.4 Å². The van der Waals surface area contributed by atoms with Crippen molar-refractivity contribution >= 4 is 0 Å². The molecular weight excluding hydrogens is 420 g/mol. The number of ether oxygens (including phenoxy) is 2. The molecule has 2 aromatic carbocycles. The van der Waals surface area contributed by atoms with Gasteiger partial charge in [-0.25, -0.2) is 0 Å². The SMILES string of the molecule is CNCCc1ccc(OC)c(C2C=C(C)CC(c3cc(CCNC)ccc3OC)C2C(C)C)c1. The van der Waals surface area contributed by atoms with Gasteiger partial charge in [0.15, 0.2) is 0 Å². The van der Waals surface area contributed by atoms with Crippen molar-refractivity contribution in [3.8, 4) is 11.5 Å². The van der Waals surface area contributed by atoms with E-state index in [0.717, 1.165) is 43.9 Å². The fraction of sp³-hybridized carbons (Fsp3) is 0.533. The molecule has 3 unspecified atom stereocenters. The van der Waals surface area contributed by atoms with Gasteiger partial charge in [0.1, 0.15) is 11.5 Å². The summed E-state index contributed by atoms with van der Waals surface area (Å²) in [5, 5.41) is 6.56. The maximum absolute atomic E-state index is 5.90. The Bertz CT molecular complexity index is 966. The van der Waals surface area contributed by atoms with E-state index in [9.17, 15) is 0 Å². The van der Waals surface area contributed by atoms with Crippen LogP contribution in [0.4, 0.5) is 0 Å². The normalized spacial score (nSPS) is 20.4. The second-order valence-electron chi connectivity index (χ2n) is 10.0. The molecule has 0 saturated heterocycles. The number of benzene rings is 2. The molecule has 0 heterocycles. The van der Waals surface area contributed by atoms with Crippen LogP contribution in [0.1, 0.15) is 61.3 Å². The lowest BCUT2D eigenvalue weighted by Gasteiger charge is -2.41. The van der Waals surface area contributed by atoms with Gasteiger partial charge in [0, 0.05) is 11.5 Å². The first kappa shape index (κ1) is 26.3. The monoisotopic (exact) mass is 464 g/mol. The fourth-order valence-corrected chi connectivity index (χ4v) is 5.68. The van der Waals surface area contributed by atoms with Gasteiger partial charge >= 0.3 is 0 Å². The highest BCUT2D eigenvalue weighted by Gasteiger charge is 2.38. The van der Waals surface area contributed by atoms with Crippen LogP contribution in [0.5, 0.6) is 11.5 Å². The van der Waals surface area contributed by atoms with E-state index in [1.165, 1.54) is 27.8 Å². The van der Waals surface area contributed by atoms with E-state index in [2.05, 4.69) is 73.9 Å². The summed E-state index contributed by atoms with van der Waals surface area (Å²) in [5.74, 6) is 3.65. The van der Waals surface area contributed by atoms with Crippen LogP contribution in [0.2, 0.25) is 0 Å². The van der Waals surface area contributed by atoms with Gasteiger partial charge in [-0.2, -0.15) is 0 Å². The number of nitrogens with one attached hydrogen (secondary N) is 2. The fourth-order valence-electron chi connectivity index (χ4n) is 5.68. The molecule has 3 atom stereocenters. The summed E-state index contributed by atoms with van der Waals surface area (Å²) in [4.78, 5) is 0. The molecule has 0 aromatic heterocycles. The van der Waals surface area contributed by atoms with Crippen molar-refractivity contribution in [3.05, 3.63) is 70.3 Å². The first-order valence-corrected chi connectivity index (χ1v) is 12.7. The highest BCUT2D eigenvalue weighted by atomic mass is 16.5. The van der Waals surface area contributed by atoms with Crippen molar-refractivity contribution in [2.24, 2.45) is 11.8 Å². The molecule has 34 heavy (non-hydrogen) atoms. The molecule has 0 spiro atoms. The topological polar surface area (TPSA) is 42.5 Å². The summed E-state index contributed by atoms with van der Waals surface area (Å²) in [6, 6.07) is 13.5. The Kier molecular flexibility index (Phi) is 9.61. The first-order chi connectivity index (χ1) is 16.4. The van der Waals surface area contributed by atoms with Crippen LogP contribution in [0.15, 0.2) is 48.0 Å². The average Bonchev–Trinajstić information content (AvgIpc) is 2.85. The number of rotatable bonds is 11. The number of methoxy groups -OCH3 is 2. The highest BCUT2D eigenvalue weighted by molar-refractivity contribution is 5.47. The Morgan fingerprint density at radius 2 is 1.38 bits per heavy atom. The first-order valence-electron chi connectivity index (χ1n) is 12.7. The van der Waals surface area contributed by atoms with Gasteiger partial charge in [0.05, 0.1) is 14.2 Å². The molecule has 2 aromatic rings. The molecule has 4 nitrogen and oxygen atoms in total. The Morgan fingerprint density at radius 1 is 0.853 bits per heavy atom. The largest absolute Gasteiger partial charge is 0.496 e. The molecule has 0 saturated carbocycles. The van der Waals surface area contributed by atoms with Crippen LogP contribution in [-0.2, 0) is 12.8 Å². The molecule has 186 valence electrons. The smallest absolute Gasteiger partial charge is 0.122 e. The molecule has 0 radical (unpaired) electrons. The van der Waals surface area contributed by atoms with Crippen LogP contribution in [0, 0.1) is 11.8 Å². The van der Waals surface area contributed by atoms with Crippen LogP contribution < -0.4 is 20.1 Å². The predicted molar refractivity (Wildman–Crippen MR) is 143 cm³/mol. The van der Waals surface area contributed by atoms with Crippen LogP contribution in [-0.4, -0.2) is 41.4 Å². The molecular formula is C30H44N2O2. The van der Waals surface area contributed by atoms with E-state index in [-0.39, 0.29) is 0 Å². The number of hydrogen-bond donors (Lipinski definition) is 2. The lowest BCUT2D eigenvalue weighted by Crippen LogP contribution is -2.29. The summed E-state index contributed by atoms with van der Waals surface area (Å²) >= 11 is 0. The van der Waals surface area contributed by atoms with Crippen molar-refractivity contribution in [1.82, 2.24) is 10.6 Å². The molecule has 0 aliphatic heterocycles. The zero-order valence-corrected chi connectivity index (χ0v) is 22.2. The van der Waals surface area contributed by atoms with Crippen molar-refractivity contribution in [1.29, 1.82) is 0 Å². The summed E-state index contributed by atoms with van der Waals surface area (Å²) in [6.07, 6.45) is 5.59. The van der Waals surface area contributed by atoms with Crippen molar-refractivity contribution in [3.63, 3.8) is 0 Å². The minimum Gasteiger partial charge on any atom is -0.496 e. The molecule has 2 N–H and O–H groups in total. The highest BCUT2D eigenvalue weighted by Crippen LogP contribution is 2.52. The molecule has 0 bridgehead atoms.